The van der Waals surface area contributed by atoms with E-state index in [1.807, 2.05) is 26.0 Å². The van der Waals surface area contributed by atoms with Gasteiger partial charge in [-0.25, -0.2) is 0 Å². The minimum Gasteiger partial charge on any atom is -0.451 e. The van der Waals surface area contributed by atoms with Crippen molar-refractivity contribution in [1.29, 1.82) is 0 Å². The smallest absolute Gasteiger partial charge is 0.435 e. The molecule has 2 rings (SSSR count). The van der Waals surface area contributed by atoms with Crippen LogP contribution in [0, 0.1) is 13.8 Å². The Morgan fingerprint density at radius 2 is 1.96 bits per heavy atom. The number of halogens is 3. The van der Waals surface area contributed by atoms with Crippen LogP contribution in [0.4, 0.5) is 18.9 Å². The van der Waals surface area contributed by atoms with Crippen LogP contribution in [-0.2, 0) is 27.0 Å². The first-order valence-corrected chi connectivity index (χ1v) is 7.74. The lowest BCUT2D eigenvalue weighted by Gasteiger charge is -2.15. The largest absolute Gasteiger partial charge is 0.451 e. The molecule has 0 saturated heterocycles. The average molecular weight is 369 g/mol. The summed E-state index contributed by atoms with van der Waals surface area (Å²) in [7, 11) is 0. The lowest BCUT2D eigenvalue weighted by molar-refractivity contribution is -0.154. The zero-order valence-electron chi connectivity index (χ0n) is 14.4. The molecule has 140 valence electrons. The van der Waals surface area contributed by atoms with Gasteiger partial charge in [-0.15, -0.1) is 0 Å². The van der Waals surface area contributed by atoms with Crippen molar-refractivity contribution in [3.63, 3.8) is 0 Å². The Bertz CT molecular complexity index is 815. The molecule has 2 aromatic rings. The molecule has 1 aromatic carbocycles. The number of nitrogens with one attached hydrogen (secondary N) is 1. The second kappa shape index (κ2) is 7.59. The molecule has 0 saturated carbocycles. The molecule has 1 heterocycles. The molecule has 0 bridgehead atoms. The average Bonchev–Trinajstić information content (AvgIpc) is 2.98. The summed E-state index contributed by atoms with van der Waals surface area (Å²) in [5, 5.41) is 5.89. The van der Waals surface area contributed by atoms with Gasteiger partial charge in [-0.1, -0.05) is 17.7 Å². The van der Waals surface area contributed by atoms with Crippen LogP contribution in [0.3, 0.4) is 0 Å². The van der Waals surface area contributed by atoms with E-state index in [0.717, 1.165) is 28.1 Å². The van der Waals surface area contributed by atoms with Crippen molar-refractivity contribution < 1.29 is 27.5 Å². The van der Waals surface area contributed by atoms with Gasteiger partial charge in [0.2, 0.25) is 0 Å². The maximum Gasteiger partial charge on any atom is 0.435 e. The second-order valence-electron chi connectivity index (χ2n) is 5.84. The molecule has 0 aliphatic carbocycles. The number of aromatic nitrogens is 2. The van der Waals surface area contributed by atoms with Gasteiger partial charge in [0.15, 0.2) is 11.8 Å². The topological polar surface area (TPSA) is 73.2 Å². The molecule has 26 heavy (non-hydrogen) atoms. The molecular weight excluding hydrogens is 351 g/mol. The number of carbonyl (C=O) groups is 2. The van der Waals surface area contributed by atoms with Crippen molar-refractivity contribution in [3.05, 3.63) is 47.3 Å². The van der Waals surface area contributed by atoms with Gasteiger partial charge in [0.05, 0.1) is 0 Å². The Morgan fingerprint density at radius 1 is 1.27 bits per heavy atom. The first-order chi connectivity index (χ1) is 12.1. The minimum absolute atomic E-state index is 0.530. The normalized spacial score (nSPS) is 12.5. The molecular formula is C17H18F3N3O3. The Hall–Kier alpha value is -2.84. The number of amides is 1. The summed E-state index contributed by atoms with van der Waals surface area (Å²) in [4.78, 5) is 23.9. The molecule has 0 fully saturated rings. The summed E-state index contributed by atoms with van der Waals surface area (Å²) in [6.07, 6.45) is -4.68. The summed E-state index contributed by atoms with van der Waals surface area (Å²) in [5.74, 6) is -1.41. The summed E-state index contributed by atoms with van der Waals surface area (Å²) in [6.45, 7) is 4.59. The molecule has 0 aliphatic rings. The van der Waals surface area contributed by atoms with E-state index in [1.54, 1.807) is 6.07 Å². The van der Waals surface area contributed by atoms with Gasteiger partial charge in [0.1, 0.15) is 6.54 Å². The summed E-state index contributed by atoms with van der Waals surface area (Å²) >= 11 is 0. The van der Waals surface area contributed by atoms with Crippen molar-refractivity contribution >= 4 is 17.6 Å². The number of esters is 1. The molecule has 6 nitrogen and oxygen atoms in total. The van der Waals surface area contributed by atoms with Crippen molar-refractivity contribution in [2.24, 2.45) is 0 Å². The van der Waals surface area contributed by atoms with Crippen LogP contribution in [0.5, 0.6) is 0 Å². The lowest BCUT2D eigenvalue weighted by Crippen LogP contribution is -2.31. The van der Waals surface area contributed by atoms with Crippen LogP contribution in [0.1, 0.15) is 23.7 Å². The summed E-state index contributed by atoms with van der Waals surface area (Å²) in [5.41, 5.74) is 1.38. The second-order valence-corrected chi connectivity index (χ2v) is 5.84. The predicted molar refractivity (Wildman–Crippen MR) is 87.3 cm³/mol. The van der Waals surface area contributed by atoms with Crippen LogP contribution in [0.2, 0.25) is 0 Å². The van der Waals surface area contributed by atoms with E-state index >= 15 is 0 Å². The summed E-state index contributed by atoms with van der Waals surface area (Å²) < 4.78 is 43.2. The van der Waals surface area contributed by atoms with Crippen LogP contribution in [-0.4, -0.2) is 27.8 Å². The third-order valence-corrected chi connectivity index (χ3v) is 3.54. The van der Waals surface area contributed by atoms with Gasteiger partial charge in [0, 0.05) is 11.9 Å². The first kappa shape index (κ1) is 19.5. The minimum atomic E-state index is -4.59. The fraction of sp³-hybridized carbons (Fsp3) is 0.353. The number of anilines is 1. The number of ether oxygens (including phenoxy) is 1. The Kier molecular flexibility index (Phi) is 5.69. The first-order valence-electron chi connectivity index (χ1n) is 7.74. The molecule has 1 N–H and O–H groups in total. The molecule has 1 amide bonds. The SMILES string of the molecule is Cc1ccc(NC(=O)C(C)OC(=O)Cn2ccc(C(F)(F)F)n2)c(C)c1. The Labute approximate surface area is 147 Å². The van der Waals surface area contributed by atoms with Crippen molar-refractivity contribution in [3.8, 4) is 0 Å². The number of carbonyl (C=O) groups excluding carboxylic acids is 2. The molecule has 0 spiro atoms. The number of hydrogen-bond acceptors (Lipinski definition) is 4. The van der Waals surface area contributed by atoms with Crippen molar-refractivity contribution in [2.75, 3.05) is 5.32 Å². The fourth-order valence-corrected chi connectivity index (χ4v) is 2.21. The quantitative estimate of drug-likeness (QED) is 0.822. The number of hydrogen-bond donors (Lipinski definition) is 1. The fourth-order valence-electron chi connectivity index (χ4n) is 2.21. The zero-order chi connectivity index (χ0) is 19.5. The van der Waals surface area contributed by atoms with Crippen molar-refractivity contribution in [1.82, 2.24) is 9.78 Å². The predicted octanol–water partition coefficient (Wildman–Crippen LogP) is 3.09. The highest BCUT2D eigenvalue weighted by molar-refractivity contribution is 5.95. The van der Waals surface area contributed by atoms with Gasteiger partial charge in [-0.05, 0) is 38.5 Å². The van der Waals surface area contributed by atoms with Crippen LogP contribution < -0.4 is 5.32 Å². The van der Waals surface area contributed by atoms with Gasteiger partial charge in [0.25, 0.3) is 5.91 Å². The van der Waals surface area contributed by atoms with Crippen molar-refractivity contribution in [2.45, 2.75) is 39.6 Å². The molecule has 1 atom stereocenters. The third kappa shape index (κ3) is 5.08. The third-order valence-electron chi connectivity index (χ3n) is 3.54. The maximum absolute atomic E-state index is 12.5. The van der Waals surface area contributed by atoms with Gasteiger partial charge < -0.3 is 10.1 Å². The van der Waals surface area contributed by atoms with E-state index < -0.39 is 36.4 Å². The number of alkyl halides is 3. The van der Waals surface area contributed by atoms with E-state index in [0.29, 0.717) is 5.69 Å². The molecule has 0 aliphatic heterocycles. The number of aryl methyl sites for hydroxylation is 2. The Balaban J connectivity index is 1.91. The van der Waals surface area contributed by atoms with E-state index in [1.165, 1.54) is 6.92 Å². The number of nitrogens with zero attached hydrogens (tertiary/aromatic N) is 2. The molecule has 1 unspecified atom stereocenters. The maximum atomic E-state index is 12.5. The highest BCUT2D eigenvalue weighted by Gasteiger charge is 2.33. The molecule has 0 radical (unpaired) electrons. The zero-order valence-corrected chi connectivity index (χ0v) is 14.4. The number of rotatable bonds is 5. The van der Waals surface area contributed by atoms with E-state index in [2.05, 4.69) is 10.4 Å². The van der Waals surface area contributed by atoms with Crippen LogP contribution in [0.15, 0.2) is 30.5 Å². The molecule has 9 heteroatoms. The van der Waals surface area contributed by atoms with E-state index in [-0.39, 0.29) is 0 Å². The lowest BCUT2D eigenvalue weighted by atomic mass is 10.1. The van der Waals surface area contributed by atoms with Gasteiger partial charge in [-0.2, -0.15) is 18.3 Å². The van der Waals surface area contributed by atoms with Gasteiger partial charge in [-0.3, -0.25) is 14.3 Å². The monoisotopic (exact) mass is 369 g/mol. The van der Waals surface area contributed by atoms with E-state index in [9.17, 15) is 22.8 Å². The van der Waals surface area contributed by atoms with Crippen LogP contribution in [0.25, 0.3) is 0 Å². The Morgan fingerprint density at radius 3 is 2.54 bits per heavy atom. The standard InChI is InChI=1S/C17H18F3N3O3/c1-10-4-5-13(11(2)8-10)21-16(25)12(3)26-15(24)9-23-7-6-14(22-23)17(18,19)20/h4-8,12H,9H2,1-3H3,(H,21,25). The van der Waals surface area contributed by atoms with Gasteiger partial charge >= 0.3 is 12.1 Å². The highest BCUT2D eigenvalue weighted by Crippen LogP contribution is 2.27. The molecule has 1 aromatic heterocycles. The highest BCUT2D eigenvalue weighted by atomic mass is 19.4. The van der Waals surface area contributed by atoms with E-state index in [4.69, 9.17) is 4.74 Å². The summed E-state index contributed by atoms with van der Waals surface area (Å²) in [6, 6.07) is 6.21. The van der Waals surface area contributed by atoms with Crippen LogP contribution >= 0.6 is 0 Å². The number of benzene rings is 1.